The third kappa shape index (κ3) is 2.59. The SMILES string of the molecule is COc1nc(-n2nccn2)c(C(F)(F)F)cc1C(C)C. The number of alkyl halides is 3. The van der Waals surface area contributed by atoms with Crippen molar-refractivity contribution in [1.82, 2.24) is 20.0 Å². The largest absolute Gasteiger partial charge is 0.481 e. The van der Waals surface area contributed by atoms with E-state index in [0.29, 0.717) is 5.56 Å². The zero-order valence-corrected chi connectivity index (χ0v) is 11.1. The van der Waals surface area contributed by atoms with Gasteiger partial charge < -0.3 is 4.74 Å². The number of methoxy groups -OCH3 is 1. The van der Waals surface area contributed by atoms with E-state index in [4.69, 9.17) is 4.74 Å². The van der Waals surface area contributed by atoms with Gasteiger partial charge in [0.2, 0.25) is 5.88 Å². The van der Waals surface area contributed by atoms with E-state index in [1.165, 1.54) is 19.5 Å². The molecule has 0 fully saturated rings. The molecule has 0 radical (unpaired) electrons. The number of halogens is 3. The van der Waals surface area contributed by atoms with E-state index in [1.54, 1.807) is 13.8 Å². The molecule has 2 rings (SSSR count). The summed E-state index contributed by atoms with van der Waals surface area (Å²) >= 11 is 0. The molecule has 0 spiro atoms. The van der Waals surface area contributed by atoms with Crippen molar-refractivity contribution in [3.63, 3.8) is 0 Å². The minimum Gasteiger partial charge on any atom is -0.481 e. The molecule has 5 nitrogen and oxygen atoms in total. The standard InChI is InChI=1S/C12H13F3N4O/c1-7(2)8-6-9(12(13,14)15)10(18-11(8)20-3)19-16-4-5-17-19/h4-7H,1-3H3. The topological polar surface area (TPSA) is 52.8 Å². The second kappa shape index (κ2) is 5.10. The summed E-state index contributed by atoms with van der Waals surface area (Å²) in [5.41, 5.74) is -0.506. The fraction of sp³-hybridized carbons (Fsp3) is 0.417. The molecule has 0 aliphatic carbocycles. The molecule has 0 amide bonds. The van der Waals surface area contributed by atoms with Crippen molar-refractivity contribution in [1.29, 1.82) is 0 Å². The van der Waals surface area contributed by atoms with E-state index in [2.05, 4.69) is 15.2 Å². The van der Waals surface area contributed by atoms with Crippen molar-refractivity contribution in [3.05, 3.63) is 29.6 Å². The van der Waals surface area contributed by atoms with Crippen LogP contribution in [-0.4, -0.2) is 27.1 Å². The van der Waals surface area contributed by atoms with Crippen LogP contribution in [0.25, 0.3) is 5.82 Å². The highest BCUT2D eigenvalue weighted by molar-refractivity contribution is 5.44. The summed E-state index contributed by atoms with van der Waals surface area (Å²) in [4.78, 5) is 4.75. The summed E-state index contributed by atoms with van der Waals surface area (Å²) < 4.78 is 44.6. The minimum absolute atomic E-state index is 0.139. The molecule has 0 N–H and O–H groups in total. The fourth-order valence-electron chi connectivity index (χ4n) is 1.77. The number of rotatable bonds is 3. The Morgan fingerprint density at radius 1 is 1.20 bits per heavy atom. The van der Waals surface area contributed by atoms with Crippen molar-refractivity contribution in [2.45, 2.75) is 25.9 Å². The smallest absolute Gasteiger partial charge is 0.420 e. The molecule has 2 aromatic rings. The van der Waals surface area contributed by atoms with Crippen LogP contribution in [-0.2, 0) is 6.18 Å². The summed E-state index contributed by atoms with van der Waals surface area (Å²) in [5, 5.41) is 7.40. The molecule has 0 aliphatic heterocycles. The Bertz CT molecular complexity index is 593. The molecule has 0 bridgehead atoms. The van der Waals surface area contributed by atoms with E-state index < -0.39 is 17.6 Å². The zero-order valence-electron chi connectivity index (χ0n) is 11.1. The van der Waals surface area contributed by atoms with Gasteiger partial charge in [0.05, 0.1) is 19.5 Å². The first-order valence-electron chi connectivity index (χ1n) is 5.87. The molecule has 8 heteroatoms. The fourth-order valence-corrected chi connectivity index (χ4v) is 1.77. The zero-order chi connectivity index (χ0) is 14.9. The molecule has 0 aliphatic rings. The molecule has 108 valence electrons. The Morgan fingerprint density at radius 2 is 1.80 bits per heavy atom. The van der Waals surface area contributed by atoms with Gasteiger partial charge in [-0.25, -0.2) is 0 Å². The highest BCUT2D eigenvalue weighted by Crippen LogP contribution is 2.37. The van der Waals surface area contributed by atoms with Gasteiger partial charge in [0.1, 0.15) is 5.56 Å². The molecule has 0 saturated heterocycles. The van der Waals surface area contributed by atoms with Gasteiger partial charge in [-0.3, -0.25) is 0 Å². The Balaban J connectivity index is 2.72. The third-order valence-electron chi connectivity index (χ3n) is 2.72. The van der Waals surface area contributed by atoms with E-state index in [-0.39, 0.29) is 11.8 Å². The van der Waals surface area contributed by atoms with Gasteiger partial charge in [0.15, 0.2) is 5.82 Å². The van der Waals surface area contributed by atoms with E-state index >= 15 is 0 Å². The second-order valence-corrected chi connectivity index (χ2v) is 4.43. The Hall–Kier alpha value is -2.12. The lowest BCUT2D eigenvalue weighted by Crippen LogP contribution is -2.16. The number of hydrogen-bond donors (Lipinski definition) is 0. The number of pyridine rings is 1. The van der Waals surface area contributed by atoms with Crippen molar-refractivity contribution >= 4 is 0 Å². The van der Waals surface area contributed by atoms with Gasteiger partial charge in [0.25, 0.3) is 0 Å². The Kier molecular flexibility index (Phi) is 3.65. The van der Waals surface area contributed by atoms with Gasteiger partial charge in [-0.1, -0.05) is 13.8 Å². The van der Waals surface area contributed by atoms with E-state index in [1.807, 2.05) is 0 Å². The molecule has 2 heterocycles. The average Bonchev–Trinajstić information content (AvgIpc) is 2.89. The van der Waals surface area contributed by atoms with Crippen molar-refractivity contribution in [2.75, 3.05) is 7.11 Å². The third-order valence-corrected chi connectivity index (χ3v) is 2.72. The van der Waals surface area contributed by atoms with Crippen LogP contribution >= 0.6 is 0 Å². The molecule has 0 atom stereocenters. The van der Waals surface area contributed by atoms with Gasteiger partial charge >= 0.3 is 6.18 Å². The minimum atomic E-state index is -4.55. The van der Waals surface area contributed by atoms with Crippen molar-refractivity contribution in [2.24, 2.45) is 0 Å². The van der Waals surface area contributed by atoms with Crippen LogP contribution in [0.2, 0.25) is 0 Å². The summed E-state index contributed by atoms with van der Waals surface area (Å²) in [6, 6.07) is 1.04. The normalized spacial score (nSPS) is 11.9. The summed E-state index contributed by atoms with van der Waals surface area (Å²) in [6.07, 6.45) is -1.98. The molecule has 2 aromatic heterocycles. The van der Waals surface area contributed by atoms with E-state index in [9.17, 15) is 13.2 Å². The predicted octanol–water partition coefficient (Wildman–Crippen LogP) is 2.81. The summed E-state index contributed by atoms with van der Waals surface area (Å²) in [5.74, 6) is -0.415. The highest BCUT2D eigenvalue weighted by atomic mass is 19.4. The van der Waals surface area contributed by atoms with Crippen LogP contribution in [0.15, 0.2) is 18.5 Å². The molecule has 0 aromatic carbocycles. The highest BCUT2D eigenvalue weighted by Gasteiger charge is 2.37. The Morgan fingerprint density at radius 3 is 2.25 bits per heavy atom. The van der Waals surface area contributed by atoms with Gasteiger partial charge in [0, 0.05) is 5.56 Å². The van der Waals surface area contributed by atoms with E-state index in [0.717, 1.165) is 10.9 Å². The maximum Gasteiger partial charge on any atom is 0.420 e. The first kappa shape index (κ1) is 14.3. The molecular formula is C12H13F3N4O. The van der Waals surface area contributed by atoms with Crippen LogP contribution < -0.4 is 4.74 Å². The van der Waals surface area contributed by atoms with Gasteiger partial charge in [-0.15, -0.1) is 4.80 Å². The number of nitrogens with zero attached hydrogens (tertiary/aromatic N) is 4. The lowest BCUT2D eigenvalue weighted by Gasteiger charge is -2.17. The number of hydrogen-bond acceptors (Lipinski definition) is 4. The summed E-state index contributed by atoms with van der Waals surface area (Å²) in [6.45, 7) is 3.54. The monoisotopic (exact) mass is 286 g/mol. The summed E-state index contributed by atoms with van der Waals surface area (Å²) in [7, 11) is 1.36. The van der Waals surface area contributed by atoms with Crippen LogP contribution in [0.4, 0.5) is 13.2 Å². The first-order chi connectivity index (χ1) is 9.34. The van der Waals surface area contributed by atoms with Crippen molar-refractivity contribution in [3.8, 4) is 11.7 Å². The lowest BCUT2D eigenvalue weighted by atomic mass is 10.0. The lowest BCUT2D eigenvalue weighted by molar-refractivity contribution is -0.137. The number of aromatic nitrogens is 4. The molecule has 0 unspecified atom stereocenters. The van der Waals surface area contributed by atoms with Gasteiger partial charge in [-0.05, 0) is 12.0 Å². The number of ether oxygens (including phenoxy) is 1. The van der Waals surface area contributed by atoms with Crippen LogP contribution in [0.3, 0.4) is 0 Å². The Labute approximate surface area is 113 Å². The van der Waals surface area contributed by atoms with Crippen molar-refractivity contribution < 1.29 is 17.9 Å². The maximum absolute atomic E-state index is 13.2. The first-order valence-corrected chi connectivity index (χ1v) is 5.87. The molecule has 20 heavy (non-hydrogen) atoms. The predicted molar refractivity (Wildman–Crippen MR) is 64.8 cm³/mol. The second-order valence-electron chi connectivity index (χ2n) is 4.43. The quantitative estimate of drug-likeness (QED) is 0.870. The van der Waals surface area contributed by atoms with Crippen LogP contribution in [0.5, 0.6) is 5.88 Å². The van der Waals surface area contributed by atoms with Crippen LogP contribution in [0, 0.1) is 0 Å². The van der Waals surface area contributed by atoms with Crippen LogP contribution in [0.1, 0.15) is 30.9 Å². The molecule has 0 saturated carbocycles. The maximum atomic E-state index is 13.2. The van der Waals surface area contributed by atoms with Gasteiger partial charge in [-0.2, -0.15) is 28.4 Å². The average molecular weight is 286 g/mol. The molecular weight excluding hydrogens is 273 g/mol.